The lowest BCUT2D eigenvalue weighted by Crippen LogP contribution is -2.05. The monoisotopic (exact) mass is 353 g/mol. The minimum absolute atomic E-state index is 0.638. The number of hydrogen-bond acceptors (Lipinski definition) is 4. The Kier molecular flexibility index (Phi) is 7.26. The van der Waals surface area contributed by atoms with Gasteiger partial charge in [0.15, 0.2) is 0 Å². The maximum atomic E-state index is 4.50. The maximum absolute atomic E-state index is 4.50. The number of aryl methyl sites for hydroxylation is 1. The zero-order chi connectivity index (χ0) is 18.2. The number of aromatic nitrogens is 1. The average Bonchev–Trinajstić information content (AvgIpc) is 2.61. The van der Waals surface area contributed by atoms with Crippen LogP contribution in [0.15, 0.2) is 58.8 Å². The summed E-state index contributed by atoms with van der Waals surface area (Å²) in [6, 6.07) is 10.4. The number of hydrogen-bond donors (Lipinski definition) is 1. The second-order valence-electron chi connectivity index (χ2n) is 6.39. The number of anilines is 1. The molecule has 1 heterocycles. The fraction of sp³-hybridized carbons (Fsp3) is 0.333. The summed E-state index contributed by atoms with van der Waals surface area (Å²) in [4.78, 5) is 8.59. The summed E-state index contributed by atoms with van der Waals surface area (Å²) in [6.45, 7) is 14.3. The summed E-state index contributed by atoms with van der Waals surface area (Å²) in [7, 11) is 0. The van der Waals surface area contributed by atoms with Crippen LogP contribution >= 0.6 is 11.8 Å². The number of allylic oxidation sites excluding steroid dienone is 1. The van der Waals surface area contributed by atoms with Gasteiger partial charge in [0.25, 0.3) is 0 Å². The molecule has 3 nitrogen and oxygen atoms in total. The number of benzene rings is 1. The normalized spacial score (nSPS) is 11.8. The van der Waals surface area contributed by atoms with Crippen molar-refractivity contribution in [1.29, 1.82) is 0 Å². The maximum Gasteiger partial charge on any atom is 0.122 e. The first-order chi connectivity index (χ1) is 12.0. The predicted octanol–water partition coefficient (Wildman–Crippen LogP) is 6.38. The molecule has 1 aromatic heterocycles. The molecule has 25 heavy (non-hydrogen) atoms. The fourth-order valence-electron chi connectivity index (χ4n) is 2.49. The number of aliphatic imine (C=N–C) groups is 1. The summed E-state index contributed by atoms with van der Waals surface area (Å²) in [5.41, 5.74) is 5.35. The third-order valence-electron chi connectivity index (χ3n) is 4.12. The molecule has 2 aromatic rings. The largest absolute Gasteiger partial charge is 0.359 e. The molecular formula is C21H27N3S. The van der Waals surface area contributed by atoms with Gasteiger partial charge < -0.3 is 5.32 Å². The van der Waals surface area contributed by atoms with Crippen LogP contribution in [0.2, 0.25) is 0 Å². The molecule has 2 rings (SSSR count). The molecule has 132 valence electrons. The van der Waals surface area contributed by atoms with E-state index in [1.807, 2.05) is 25.3 Å². The van der Waals surface area contributed by atoms with E-state index in [4.69, 9.17) is 0 Å². The molecule has 0 fully saturated rings. The first-order valence-electron chi connectivity index (χ1n) is 8.62. The topological polar surface area (TPSA) is 37.3 Å². The molecule has 1 atom stereocenters. The summed E-state index contributed by atoms with van der Waals surface area (Å²) >= 11 is 1.68. The molecule has 1 unspecified atom stereocenters. The average molecular weight is 354 g/mol. The third kappa shape index (κ3) is 5.75. The molecule has 0 aliphatic carbocycles. The number of pyridine rings is 1. The van der Waals surface area contributed by atoms with E-state index >= 15 is 0 Å². The number of rotatable bonds is 9. The van der Waals surface area contributed by atoms with Gasteiger partial charge >= 0.3 is 0 Å². The van der Waals surface area contributed by atoms with Crippen molar-refractivity contribution in [2.75, 3.05) is 5.32 Å². The molecule has 0 amide bonds. The lowest BCUT2D eigenvalue weighted by Gasteiger charge is -2.16. The van der Waals surface area contributed by atoms with Gasteiger partial charge in [-0.25, -0.2) is 4.98 Å². The van der Waals surface area contributed by atoms with Crippen LogP contribution in [-0.4, -0.2) is 11.7 Å². The smallest absolute Gasteiger partial charge is 0.122 e. The molecule has 0 aliphatic heterocycles. The Labute approximate surface area is 155 Å². The van der Waals surface area contributed by atoms with Crippen molar-refractivity contribution < 1.29 is 0 Å². The van der Waals surface area contributed by atoms with Crippen molar-refractivity contribution in [3.63, 3.8) is 0 Å². The number of nitrogens with one attached hydrogen (secondary N) is 1. The second-order valence-corrected chi connectivity index (χ2v) is 7.35. The van der Waals surface area contributed by atoms with Crippen LogP contribution in [0.1, 0.15) is 37.8 Å². The number of nitrogens with zero attached hydrogens (tertiary/aromatic N) is 2. The summed E-state index contributed by atoms with van der Waals surface area (Å²) in [6.07, 6.45) is 4.02. The van der Waals surface area contributed by atoms with E-state index in [0.717, 1.165) is 46.3 Å². The Hall–Kier alpha value is -2.07. The number of thioether (sulfide) groups is 1. The second kappa shape index (κ2) is 9.42. The zero-order valence-corrected chi connectivity index (χ0v) is 16.2. The highest BCUT2D eigenvalue weighted by atomic mass is 32.2. The summed E-state index contributed by atoms with van der Waals surface area (Å²) in [5, 5.41) is 4.40. The zero-order valence-electron chi connectivity index (χ0n) is 15.4. The van der Waals surface area contributed by atoms with E-state index in [1.165, 1.54) is 5.56 Å². The van der Waals surface area contributed by atoms with E-state index in [0.29, 0.717) is 5.92 Å². The highest BCUT2D eigenvalue weighted by molar-refractivity contribution is 7.98. The van der Waals surface area contributed by atoms with Crippen LogP contribution in [0.4, 0.5) is 11.4 Å². The van der Waals surface area contributed by atoms with Gasteiger partial charge in [-0.15, -0.1) is 0 Å². The van der Waals surface area contributed by atoms with Crippen molar-refractivity contribution in [3.8, 4) is 0 Å². The van der Waals surface area contributed by atoms with Gasteiger partial charge in [0.05, 0.1) is 5.69 Å². The van der Waals surface area contributed by atoms with Gasteiger partial charge in [-0.3, -0.25) is 4.99 Å². The van der Waals surface area contributed by atoms with Crippen molar-refractivity contribution >= 4 is 29.9 Å². The van der Waals surface area contributed by atoms with Gasteiger partial charge in [-0.1, -0.05) is 56.8 Å². The molecule has 0 radical (unpaired) electrons. The predicted molar refractivity (Wildman–Crippen MR) is 111 cm³/mol. The first-order valence-corrected chi connectivity index (χ1v) is 9.61. The van der Waals surface area contributed by atoms with Gasteiger partial charge in [0, 0.05) is 23.3 Å². The Morgan fingerprint density at radius 3 is 2.84 bits per heavy atom. The van der Waals surface area contributed by atoms with E-state index in [1.54, 1.807) is 11.8 Å². The molecule has 1 aromatic carbocycles. The highest BCUT2D eigenvalue weighted by Gasteiger charge is 2.09. The van der Waals surface area contributed by atoms with Crippen molar-refractivity contribution in [2.45, 2.75) is 44.4 Å². The molecule has 0 aliphatic rings. The lowest BCUT2D eigenvalue weighted by molar-refractivity contribution is 0.559. The van der Waals surface area contributed by atoms with E-state index in [2.05, 4.69) is 60.6 Å². The fourth-order valence-corrected chi connectivity index (χ4v) is 3.43. The van der Waals surface area contributed by atoms with Gasteiger partial charge in [0.2, 0.25) is 0 Å². The van der Waals surface area contributed by atoms with Crippen LogP contribution in [0.3, 0.4) is 0 Å². The summed E-state index contributed by atoms with van der Waals surface area (Å²) < 4.78 is 0. The standard InChI is InChI=1S/C21H27N3S/c1-6-15(2)11-17(4)24-19-10-8-7-9-18(19)14-25-21-20(22-5)12-16(3)13-23-21/h7-10,12-13,15,24H,4-6,11,14H2,1-3H3. The molecule has 1 N–H and O–H groups in total. The summed E-state index contributed by atoms with van der Waals surface area (Å²) in [5.74, 6) is 1.46. The highest BCUT2D eigenvalue weighted by Crippen LogP contribution is 2.32. The Bertz CT molecular complexity index is 740. The minimum Gasteiger partial charge on any atom is -0.359 e. The Morgan fingerprint density at radius 2 is 2.12 bits per heavy atom. The van der Waals surface area contributed by atoms with Crippen LogP contribution in [0, 0.1) is 12.8 Å². The van der Waals surface area contributed by atoms with Crippen LogP contribution in [0.5, 0.6) is 0 Å². The van der Waals surface area contributed by atoms with E-state index in [-0.39, 0.29) is 0 Å². The van der Waals surface area contributed by atoms with Crippen molar-refractivity contribution in [1.82, 2.24) is 4.98 Å². The van der Waals surface area contributed by atoms with E-state index in [9.17, 15) is 0 Å². The van der Waals surface area contributed by atoms with E-state index < -0.39 is 0 Å². The molecule has 0 bridgehead atoms. The van der Waals surface area contributed by atoms with Gasteiger partial charge in [0.1, 0.15) is 5.03 Å². The van der Waals surface area contributed by atoms with Crippen LogP contribution < -0.4 is 5.32 Å². The lowest BCUT2D eigenvalue weighted by atomic mass is 10.0. The van der Waals surface area contributed by atoms with Crippen LogP contribution in [0.25, 0.3) is 0 Å². The van der Waals surface area contributed by atoms with Crippen LogP contribution in [-0.2, 0) is 5.75 Å². The third-order valence-corrected chi connectivity index (χ3v) is 5.17. The minimum atomic E-state index is 0.638. The quantitative estimate of drug-likeness (QED) is 0.420. The Morgan fingerprint density at radius 1 is 1.36 bits per heavy atom. The first kappa shape index (κ1) is 19.3. The van der Waals surface area contributed by atoms with Crippen molar-refractivity contribution in [2.24, 2.45) is 10.9 Å². The molecule has 0 spiro atoms. The van der Waals surface area contributed by atoms with Gasteiger partial charge in [-0.05, 0) is 49.2 Å². The van der Waals surface area contributed by atoms with Gasteiger partial charge in [-0.2, -0.15) is 0 Å². The Balaban J connectivity index is 2.08. The molecular weight excluding hydrogens is 326 g/mol. The number of para-hydroxylation sites is 1. The van der Waals surface area contributed by atoms with Crippen molar-refractivity contribution in [3.05, 3.63) is 59.9 Å². The SMILES string of the molecule is C=Nc1cc(C)cnc1SCc1ccccc1NC(=C)CC(C)CC. The molecule has 0 saturated heterocycles. The molecule has 0 saturated carbocycles. The molecule has 4 heteroatoms.